The Labute approximate surface area is 154 Å². The molecule has 2 rings (SSSR count). The molecule has 138 valence electrons. The van der Waals surface area contributed by atoms with Crippen molar-refractivity contribution in [1.29, 1.82) is 0 Å². The lowest BCUT2D eigenvalue weighted by atomic mass is 9.87. The number of ether oxygens (including phenoxy) is 1. The van der Waals surface area contributed by atoms with Gasteiger partial charge in [-0.3, -0.25) is 10.1 Å². The van der Waals surface area contributed by atoms with Gasteiger partial charge in [0, 0.05) is 0 Å². The molecular weight excluding hydrogens is 342 g/mol. The largest absolute Gasteiger partial charge is 0.484 e. The Hall–Kier alpha value is -2.15. The summed E-state index contributed by atoms with van der Waals surface area (Å²) in [6.45, 7) is 9.13. The number of halogens is 1. The second-order valence-corrected chi connectivity index (χ2v) is 6.67. The number of nitrogens with one attached hydrogen (secondary N) is 1. The second-order valence-electron chi connectivity index (χ2n) is 6.67. The highest BCUT2D eigenvalue weighted by atomic mass is 35.5. The van der Waals surface area contributed by atoms with E-state index in [1.165, 1.54) is 10.4 Å². The zero-order valence-corrected chi connectivity index (χ0v) is 16.0. The summed E-state index contributed by atoms with van der Waals surface area (Å²) in [7, 11) is 0. The van der Waals surface area contributed by atoms with Gasteiger partial charge in [0.25, 0.3) is 11.9 Å². The van der Waals surface area contributed by atoms with Gasteiger partial charge in [-0.2, -0.15) is 4.80 Å². The molecular formula is C17H26ClN5O2. The lowest BCUT2D eigenvalue weighted by Gasteiger charge is -2.19. The molecule has 1 amide bonds. The van der Waals surface area contributed by atoms with Crippen LogP contribution < -0.4 is 10.1 Å². The maximum Gasteiger partial charge on any atom is 0.270 e. The number of carbonyl (C=O) groups excluding carboxylic acids is 1. The second kappa shape index (κ2) is 9.36. The highest BCUT2D eigenvalue weighted by Crippen LogP contribution is 2.24. The van der Waals surface area contributed by atoms with Crippen LogP contribution in [0.15, 0.2) is 24.3 Å². The number of aryl methyl sites for hydroxylation is 1. The first-order chi connectivity index (χ1) is 11.4. The smallest absolute Gasteiger partial charge is 0.270 e. The third-order valence-corrected chi connectivity index (χ3v) is 3.51. The number of carbonyl (C=O) groups is 1. The van der Waals surface area contributed by atoms with Crippen molar-refractivity contribution < 1.29 is 9.53 Å². The molecule has 2 aromatic rings. The van der Waals surface area contributed by atoms with E-state index in [0.29, 0.717) is 12.3 Å². The number of hydrogen-bond acceptors (Lipinski definition) is 5. The molecule has 1 aromatic carbocycles. The predicted octanol–water partition coefficient (Wildman–Crippen LogP) is 3.21. The van der Waals surface area contributed by atoms with Crippen LogP contribution in [0.2, 0.25) is 0 Å². The van der Waals surface area contributed by atoms with Crippen LogP contribution in [0, 0.1) is 0 Å². The van der Waals surface area contributed by atoms with Gasteiger partial charge in [-0.05, 0) is 34.7 Å². The van der Waals surface area contributed by atoms with Crippen LogP contribution in [0.4, 0.5) is 5.95 Å². The molecule has 0 saturated carbocycles. The Balaban J connectivity index is 0.00000312. The Morgan fingerprint density at radius 2 is 1.92 bits per heavy atom. The van der Waals surface area contributed by atoms with Gasteiger partial charge in [-0.1, -0.05) is 51.3 Å². The Bertz CT molecular complexity index is 664. The molecule has 0 aliphatic carbocycles. The fraction of sp³-hybridized carbons (Fsp3) is 0.529. The average molecular weight is 368 g/mol. The first kappa shape index (κ1) is 20.9. The van der Waals surface area contributed by atoms with E-state index in [2.05, 4.69) is 48.4 Å². The lowest BCUT2D eigenvalue weighted by molar-refractivity contribution is -0.118. The van der Waals surface area contributed by atoms with Crippen molar-refractivity contribution in [3.8, 4) is 5.75 Å². The summed E-state index contributed by atoms with van der Waals surface area (Å²) >= 11 is 0. The molecule has 0 aliphatic rings. The summed E-state index contributed by atoms with van der Waals surface area (Å²) in [5, 5.41) is 14.3. The van der Waals surface area contributed by atoms with Crippen LogP contribution in [-0.4, -0.2) is 32.7 Å². The van der Waals surface area contributed by atoms with E-state index in [4.69, 9.17) is 4.74 Å². The molecule has 0 saturated heterocycles. The minimum atomic E-state index is -0.315. The number of amides is 1. The third kappa shape index (κ3) is 6.70. The normalized spacial score (nSPS) is 10.9. The van der Waals surface area contributed by atoms with Gasteiger partial charge in [0.05, 0.1) is 6.54 Å². The van der Waals surface area contributed by atoms with Crippen molar-refractivity contribution in [3.05, 3.63) is 29.8 Å². The molecule has 8 heteroatoms. The van der Waals surface area contributed by atoms with Gasteiger partial charge in [-0.15, -0.1) is 17.5 Å². The van der Waals surface area contributed by atoms with Crippen LogP contribution in [0.3, 0.4) is 0 Å². The van der Waals surface area contributed by atoms with Gasteiger partial charge in [0.1, 0.15) is 5.75 Å². The van der Waals surface area contributed by atoms with E-state index >= 15 is 0 Å². The molecule has 0 unspecified atom stereocenters. The molecule has 1 N–H and O–H groups in total. The first-order valence-electron chi connectivity index (χ1n) is 8.19. The van der Waals surface area contributed by atoms with E-state index in [9.17, 15) is 4.79 Å². The van der Waals surface area contributed by atoms with Crippen LogP contribution in [0.5, 0.6) is 5.75 Å². The number of unbranched alkanes of at least 4 members (excludes halogenated alkanes) is 1. The highest BCUT2D eigenvalue weighted by Gasteiger charge is 2.13. The fourth-order valence-electron chi connectivity index (χ4n) is 2.05. The SMILES string of the molecule is CCCCn1nnc(NC(=O)COc2ccc(C(C)(C)C)cc2)n1.Cl. The summed E-state index contributed by atoms with van der Waals surface area (Å²) in [6, 6.07) is 7.75. The van der Waals surface area contributed by atoms with Crippen LogP contribution in [0.25, 0.3) is 0 Å². The summed E-state index contributed by atoms with van der Waals surface area (Å²) in [5.74, 6) is 0.533. The lowest BCUT2D eigenvalue weighted by Crippen LogP contribution is -2.21. The van der Waals surface area contributed by atoms with E-state index < -0.39 is 0 Å². The summed E-state index contributed by atoms with van der Waals surface area (Å²) in [5.41, 5.74) is 1.30. The summed E-state index contributed by atoms with van der Waals surface area (Å²) in [4.78, 5) is 13.4. The first-order valence-corrected chi connectivity index (χ1v) is 8.19. The quantitative estimate of drug-likeness (QED) is 0.812. The summed E-state index contributed by atoms with van der Waals surface area (Å²) < 4.78 is 5.48. The zero-order chi connectivity index (χ0) is 17.6. The van der Waals surface area contributed by atoms with Crippen LogP contribution in [0.1, 0.15) is 46.1 Å². The number of nitrogens with zero attached hydrogens (tertiary/aromatic N) is 4. The Morgan fingerprint density at radius 3 is 2.52 bits per heavy atom. The molecule has 1 aromatic heterocycles. The molecule has 25 heavy (non-hydrogen) atoms. The van der Waals surface area contributed by atoms with Crippen molar-refractivity contribution in [3.63, 3.8) is 0 Å². The van der Waals surface area contributed by atoms with Crippen molar-refractivity contribution in [2.75, 3.05) is 11.9 Å². The van der Waals surface area contributed by atoms with Gasteiger partial charge >= 0.3 is 0 Å². The van der Waals surface area contributed by atoms with Crippen LogP contribution >= 0.6 is 12.4 Å². The molecule has 0 atom stereocenters. The molecule has 0 bridgehead atoms. The van der Waals surface area contributed by atoms with E-state index in [1.54, 1.807) is 0 Å². The average Bonchev–Trinajstić information content (AvgIpc) is 2.98. The van der Waals surface area contributed by atoms with Crippen molar-refractivity contribution in [2.24, 2.45) is 0 Å². The van der Waals surface area contributed by atoms with Gasteiger partial charge < -0.3 is 4.74 Å². The maximum atomic E-state index is 11.9. The number of tetrazole rings is 1. The Kier molecular flexibility index (Phi) is 7.83. The topological polar surface area (TPSA) is 81.9 Å². The number of anilines is 1. The predicted molar refractivity (Wildman–Crippen MR) is 99.2 cm³/mol. The van der Waals surface area contributed by atoms with E-state index in [-0.39, 0.29) is 36.3 Å². The number of benzene rings is 1. The van der Waals surface area contributed by atoms with Crippen molar-refractivity contribution in [1.82, 2.24) is 20.2 Å². The molecule has 7 nitrogen and oxygen atoms in total. The standard InChI is InChI=1S/C17H25N5O2.ClH/c1-5-6-11-22-20-16(19-21-22)18-15(23)12-24-14-9-7-13(8-10-14)17(2,3)4;/h7-10H,5-6,11-12H2,1-4H3,(H,18,20,23);1H. The van der Waals surface area contributed by atoms with Gasteiger partial charge in [-0.25, -0.2) is 0 Å². The van der Waals surface area contributed by atoms with Gasteiger partial charge in [0.15, 0.2) is 6.61 Å². The molecule has 0 fully saturated rings. The number of hydrogen-bond donors (Lipinski definition) is 1. The minimum Gasteiger partial charge on any atom is -0.484 e. The van der Waals surface area contributed by atoms with Crippen molar-refractivity contribution in [2.45, 2.75) is 52.5 Å². The highest BCUT2D eigenvalue weighted by molar-refractivity contribution is 5.90. The number of rotatable bonds is 7. The Morgan fingerprint density at radius 1 is 1.24 bits per heavy atom. The fourth-order valence-corrected chi connectivity index (χ4v) is 2.05. The third-order valence-electron chi connectivity index (χ3n) is 3.51. The monoisotopic (exact) mass is 367 g/mol. The van der Waals surface area contributed by atoms with Crippen molar-refractivity contribution >= 4 is 24.3 Å². The number of aromatic nitrogens is 4. The minimum absolute atomic E-state index is 0. The van der Waals surface area contributed by atoms with Gasteiger partial charge in [0.2, 0.25) is 0 Å². The van der Waals surface area contributed by atoms with E-state index in [0.717, 1.165) is 12.8 Å². The van der Waals surface area contributed by atoms with Crippen LogP contribution in [-0.2, 0) is 16.8 Å². The molecule has 0 aliphatic heterocycles. The molecule has 0 radical (unpaired) electrons. The maximum absolute atomic E-state index is 11.9. The zero-order valence-electron chi connectivity index (χ0n) is 15.2. The summed E-state index contributed by atoms with van der Waals surface area (Å²) in [6.07, 6.45) is 2.02. The van der Waals surface area contributed by atoms with E-state index in [1.807, 2.05) is 24.3 Å². The molecule has 1 heterocycles. The molecule has 0 spiro atoms.